The smallest absolute Gasteiger partial charge is 0.264 e. The number of ether oxygens (including phenoxy) is 2. The van der Waals surface area contributed by atoms with E-state index in [9.17, 15) is 13.2 Å². The van der Waals surface area contributed by atoms with Crippen LogP contribution >= 0.6 is 27.5 Å². The molecule has 2 heterocycles. The molecule has 1 N–H and O–H groups in total. The third kappa shape index (κ3) is 5.64. The third-order valence-electron chi connectivity index (χ3n) is 7.43. The molecule has 2 aliphatic rings. The lowest BCUT2D eigenvalue weighted by Gasteiger charge is -2.50. The Labute approximate surface area is 236 Å². The minimum atomic E-state index is -4.07. The Morgan fingerprint density at radius 2 is 1.84 bits per heavy atom. The molecule has 200 valence electrons. The van der Waals surface area contributed by atoms with Crippen LogP contribution < -0.4 is 9.46 Å². The van der Waals surface area contributed by atoms with Gasteiger partial charge in [0, 0.05) is 21.0 Å². The Kier molecular flexibility index (Phi) is 7.61. The first-order chi connectivity index (χ1) is 18.0. The first kappa shape index (κ1) is 27.2. The number of rotatable bonds is 6. The number of nitrogens with one attached hydrogen (secondary N) is 1. The number of fused-ring (bicyclic) bond motifs is 3. The van der Waals surface area contributed by atoms with E-state index in [0.29, 0.717) is 34.5 Å². The van der Waals surface area contributed by atoms with Gasteiger partial charge in [-0.05, 0) is 75.1 Å². The molecule has 0 spiro atoms. The van der Waals surface area contributed by atoms with Crippen LogP contribution in [0.2, 0.25) is 5.02 Å². The van der Waals surface area contributed by atoms with Crippen LogP contribution in [0.1, 0.15) is 43.9 Å². The minimum absolute atomic E-state index is 0.0144. The first-order valence-corrected chi connectivity index (χ1v) is 15.2. The number of hydrogen-bond acceptors (Lipinski definition) is 5. The van der Waals surface area contributed by atoms with Crippen molar-refractivity contribution >= 4 is 43.5 Å². The summed E-state index contributed by atoms with van der Waals surface area (Å²) in [6, 6.07) is 21.7. The van der Waals surface area contributed by atoms with Crippen molar-refractivity contribution in [1.29, 1.82) is 0 Å². The monoisotopic (exact) mass is 617 g/mol. The molecule has 1 amide bonds. The number of benzene rings is 3. The van der Waals surface area contributed by atoms with Crippen molar-refractivity contribution in [2.24, 2.45) is 11.8 Å². The maximum atomic E-state index is 13.6. The fourth-order valence-electron chi connectivity index (χ4n) is 5.46. The highest BCUT2D eigenvalue weighted by atomic mass is 79.9. The van der Waals surface area contributed by atoms with Crippen LogP contribution in [0.25, 0.3) is 0 Å². The van der Waals surface area contributed by atoms with Crippen molar-refractivity contribution in [3.63, 3.8) is 0 Å². The van der Waals surface area contributed by atoms with Crippen molar-refractivity contribution in [2.75, 3.05) is 0 Å². The highest BCUT2D eigenvalue weighted by molar-refractivity contribution is 9.10. The molecular formula is C29H29BrClNO5S. The predicted molar refractivity (Wildman–Crippen MR) is 150 cm³/mol. The zero-order chi connectivity index (χ0) is 27.1. The fourth-order valence-corrected chi connectivity index (χ4v) is 7.26. The molecule has 0 saturated carbocycles. The fraction of sp³-hybridized carbons (Fsp3) is 0.345. The second-order valence-electron chi connectivity index (χ2n) is 10.4. The highest BCUT2D eigenvalue weighted by Crippen LogP contribution is 2.53. The topological polar surface area (TPSA) is 81.7 Å². The molecule has 0 radical (unpaired) electrons. The Hall–Kier alpha value is -2.39. The van der Waals surface area contributed by atoms with Gasteiger partial charge in [-0.1, -0.05) is 63.9 Å². The van der Waals surface area contributed by atoms with Gasteiger partial charge in [-0.15, -0.1) is 0 Å². The molecule has 0 aromatic heterocycles. The van der Waals surface area contributed by atoms with Crippen LogP contribution in [-0.2, 0) is 26.0 Å². The van der Waals surface area contributed by atoms with Gasteiger partial charge in [-0.3, -0.25) is 4.79 Å². The van der Waals surface area contributed by atoms with Crippen LogP contribution in [0.3, 0.4) is 0 Å². The molecule has 2 aliphatic heterocycles. The summed E-state index contributed by atoms with van der Waals surface area (Å²) < 4.78 is 42.2. The maximum absolute atomic E-state index is 13.6. The summed E-state index contributed by atoms with van der Waals surface area (Å²) in [5.41, 5.74) is 1.33. The molecule has 3 aromatic rings. The molecule has 0 aliphatic carbocycles. The molecule has 1 saturated heterocycles. The van der Waals surface area contributed by atoms with Gasteiger partial charge in [0.2, 0.25) is 5.91 Å². The Balaban J connectivity index is 1.46. The lowest BCUT2D eigenvalue weighted by atomic mass is 9.71. The van der Waals surface area contributed by atoms with Crippen LogP contribution in [0.4, 0.5) is 0 Å². The van der Waals surface area contributed by atoms with Crippen LogP contribution in [0, 0.1) is 11.8 Å². The summed E-state index contributed by atoms with van der Waals surface area (Å²) in [7, 11) is -4.07. The van der Waals surface area contributed by atoms with Gasteiger partial charge in [0.05, 0.1) is 23.0 Å². The number of carbonyl (C=O) groups excluding carboxylic acids is 1. The molecule has 1 fully saturated rings. The molecule has 6 nitrogen and oxygen atoms in total. The van der Waals surface area contributed by atoms with E-state index in [0.717, 1.165) is 11.1 Å². The highest BCUT2D eigenvalue weighted by Gasteiger charge is 2.52. The summed E-state index contributed by atoms with van der Waals surface area (Å²) in [4.78, 5) is 13.6. The van der Waals surface area contributed by atoms with Gasteiger partial charge < -0.3 is 9.47 Å². The summed E-state index contributed by atoms with van der Waals surface area (Å²) >= 11 is 9.63. The van der Waals surface area contributed by atoms with E-state index >= 15 is 0 Å². The number of sulfonamides is 1. The minimum Gasteiger partial charge on any atom is -0.487 e. The summed E-state index contributed by atoms with van der Waals surface area (Å²) in [6.45, 7) is 3.95. The summed E-state index contributed by atoms with van der Waals surface area (Å²) in [5, 5.41) is 0.579. The molecule has 0 bridgehead atoms. The summed E-state index contributed by atoms with van der Waals surface area (Å²) in [5.74, 6) is -0.743. The largest absolute Gasteiger partial charge is 0.487 e. The standard InChI is InChI=1S/C29H29BrClNO5S/c1-29(2)24-17-23(28(33)32-38(34,35)21-10-6-9-19(30)15-21)25(13-11-18-7-4-3-5-8-18)36-27(24)22-16-20(31)12-14-26(22)37-29/h3-10,12,14-16,23-25,27H,11,13,17H2,1-2H3,(H,32,33)/t23-,24-,25-,27+/m0/s1. The van der Waals surface area contributed by atoms with E-state index in [1.807, 2.05) is 56.3 Å². The third-order valence-corrected chi connectivity index (χ3v) is 9.50. The second-order valence-corrected chi connectivity index (χ2v) is 13.4. The van der Waals surface area contributed by atoms with E-state index in [-0.39, 0.29) is 16.9 Å². The van der Waals surface area contributed by atoms with Gasteiger partial charge in [0.15, 0.2) is 0 Å². The van der Waals surface area contributed by atoms with Gasteiger partial charge in [-0.2, -0.15) is 0 Å². The SMILES string of the molecule is CC1(C)Oc2ccc(Cl)cc2[C@H]2O[C@@H](CCc3ccccc3)[C@@H](C(=O)NS(=O)(=O)c3cccc(Br)c3)C[C@@H]21. The number of carbonyl (C=O) groups is 1. The van der Waals surface area contributed by atoms with Crippen molar-refractivity contribution < 1.29 is 22.7 Å². The van der Waals surface area contributed by atoms with Crippen molar-refractivity contribution in [1.82, 2.24) is 4.72 Å². The number of aryl methyl sites for hydroxylation is 1. The van der Waals surface area contributed by atoms with E-state index in [4.69, 9.17) is 21.1 Å². The van der Waals surface area contributed by atoms with E-state index < -0.39 is 33.6 Å². The van der Waals surface area contributed by atoms with Crippen molar-refractivity contribution in [3.05, 3.63) is 93.4 Å². The Morgan fingerprint density at radius 1 is 1.08 bits per heavy atom. The zero-order valence-corrected chi connectivity index (χ0v) is 24.2. The molecule has 0 unspecified atom stereocenters. The Bertz CT molecular complexity index is 1450. The average Bonchev–Trinajstić information content (AvgIpc) is 2.88. The van der Waals surface area contributed by atoms with Crippen molar-refractivity contribution in [2.45, 2.75) is 55.8 Å². The maximum Gasteiger partial charge on any atom is 0.264 e. The lowest BCUT2D eigenvalue weighted by molar-refractivity contribution is -0.179. The average molecular weight is 619 g/mol. The molecule has 9 heteroatoms. The predicted octanol–water partition coefficient (Wildman–Crippen LogP) is 6.47. The molecule has 4 atom stereocenters. The number of halogens is 2. The van der Waals surface area contributed by atoms with E-state index in [1.165, 1.54) is 12.1 Å². The first-order valence-electron chi connectivity index (χ1n) is 12.5. The number of amides is 1. The lowest BCUT2D eigenvalue weighted by Crippen LogP contribution is -2.54. The summed E-state index contributed by atoms with van der Waals surface area (Å²) in [6.07, 6.45) is 0.809. The Morgan fingerprint density at radius 3 is 2.58 bits per heavy atom. The molecular weight excluding hydrogens is 590 g/mol. The van der Waals surface area contributed by atoms with Crippen LogP contribution in [0.5, 0.6) is 5.75 Å². The second kappa shape index (κ2) is 10.6. The van der Waals surface area contributed by atoms with E-state index in [2.05, 4.69) is 20.7 Å². The van der Waals surface area contributed by atoms with Crippen molar-refractivity contribution in [3.8, 4) is 5.75 Å². The normalized spacial score (nSPS) is 24.0. The quantitative estimate of drug-likeness (QED) is 0.342. The van der Waals surface area contributed by atoms with Gasteiger partial charge >= 0.3 is 0 Å². The van der Waals surface area contributed by atoms with Crippen LogP contribution in [-0.4, -0.2) is 26.0 Å². The van der Waals surface area contributed by atoms with Gasteiger partial charge in [0.1, 0.15) is 11.4 Å². The van der Waals surface area contributed by atoms with E-state index in [1.54, 1.807) is 18.2 Å². The molecule has 3 aromatic carbocycles. The molecule has 5 rings (SSSR count). The van der Waals surface area contributed by atoms with Crippen LogP contribution in [0.15, 0.2) is 82.2 Å². The van der Waals surface area contributed by atoms with Gasteiger partial charge in [-0.25, -0.2) is 13.1 Å². The zero-order valence-electron chi connectivity index (χ0n) is 21.1. The number of hydrogen-bond donors (Lipinski definition) is 1. The van der Waals surface area contributed by atoms with Gasteiger partial charge in [0.25, 0.3) is 10.0 Å². The molecule has 38 heavy (non-hydrogen) atoms.